The molecule has 3 heteroatoms. The maximum atomic E-state index is 5.65. The molecule has 0 N–H and O–H groups in total. The number of aromatic nitrogens is 1. The van der Waals surface area contributed by atoms with E-state index in [2.05, 4.69) is 24.2 Å². The fourth-order valence-corrected chi connectivity index (χ4v) is 1.48. The molecule has 0 saturated heterocycles. The summed E-state index contributed by atoms with van der Waals surface area (Å²) in [6.45, 7) is 2.12. The second-order valence-corrected chi connectivity index (χ2v) is 3.44. The Morgan fingerprint density at radius 3 is 2.86 bits per heavy atom. The van der Waals surface area contributed by atoms with Crippen LogP contribution in [-0.2, 0) is 6.42 Å². The van der Waals surface area contributed by atoms with Crippen molar-refractivity contribution >= 4 is 11.6 Å². The summed E-state index contributed by atoms with van der Waals surface area (Å²) in [7, 11) is 0. The van der Waals surface area contributed by atoms with Crippen LogP contribution in [0.25, 0.3) is 11.3 Å². The fourth-order valence-electron chi connectivity index (χ4n) is 1.34. The van der Waals surface area contributed by atoms with Gasteiger partial charge in [-0.25, -0.2) is 0 Å². The second-order valence-electron chi connectivity index (χ2n) is 3.07. The minimum Gasteiger partial charge on any atom is -0.344 e. The van der Waals surface area contributed by atoms with Crippen molar-refractivity contribution in [2.75, 3.05) is 0 Å². The summed E-state index contributed by atoms with van der Waals surface area (Å²) in [5.74, 6) is 0. The van der Waals surface area contributed by atoms with Gasteiger partial charge in [0.25, 0.3) is 0 Å². The normalized spacial score (nSPS) is 10.4. The van der Waals surface area contributed by atoms with Crippen LogP contribution < -0.4 is 0 Å². The molecular formula is C11H10ClNO. The van der Waals surface area contributed by atoms with Crippen molar-refractivity contribution in [3.8, 4) is 11.3 Å². The van der Waals surface area contributed by atoms with Gasteiger partial charge in [0.1, 0.15) is 5.69 Å². The first-order valence-corrected chi connectivity index (χ1v) is 4.89. The van der Waals surface area contributed by atoms with Crippen molar-refractivity contribution in [1.29, 1.82) is 0 Å². The lowest BCUT2D eigenvalue weighted by Gasteiger charge is -1.98. The quantitative estimate of drug-likeness (QED) is 0.753. The lowest BCUT2D eigenvalue weighted by molar-refractivity contribution is 0.424. The summed E-state index contributed by atoms with van der Waals surface area (Å²) in [6.07, 6.45) is 1.01. The summed E-state index contributed by atoms with van der Waals surface area (Å²) in [5, 5.41) is 4.18. The van der Waals surface area contributed by atoms with Crippen LogP contribution in [0.15, 0.2) is 34.9 Å². The molecule has 0 bridgehead atoms. The molecule has 1 aromatic heterocycles. The highest BCUT2D eigenvalue weighted by Crippen LogP contribution is 2.22. The zero-order valence-corrected chi connectivity index (χ0v) is 8.58. The maximum absolute atomic E-state index is 5.65. The van der Waals surface area contributed by atoms with E-state index in [1.807, 2.05) is 12.1 Å². The number of aryl methyl sites for hydroxylation is 1. The molecule has 0 spiro atoms. The molecule has 0 saturated carbocycles. The van der Waals surface area contributed by atoms with Gasteiger partial charge < -0.3 is 4.52 Å². The topological polar surface area (TPSA) is 26.0 Å². The van der Waals surface area contributed by atoms with Gasteiger partial charge in [-0.2, -0.15) is 0 Å². The van der Waals surface area contributed by atoms with E-state index in [0.717, 1.165) is 17.7 Å². The fraction of sp³-hybridized carbons (Fsp3) is 0.182. The molecule has 2 rings (SSSR count). The van der Waals surface area contributed by atoms with Crippen molar-refractivity contribution in [2.45, 2.75) is 13.3 Å². The third-order valence-corrected chi connectivity index (χ3v) is 2.29. The predicted molar refractivity (Wildman–Crippen MR) is 56.3 cm³/mol. The number of rotatable bonds is 2. The standard InChI is InChI=1S/C11H10ClNO/c1-2-8-4-3-5-9(6-8)10-7-11(12)14-13-10/h3-7H,2H2,1H3. The van der Waals surface area contributed by atoms with E-state index in [4.69, 9.17) is 16.1 Å². The number of benzene rings is 1. The van der Waals surface area contributed by atoms with Crippen LogP contribution in [0.5, 0.6) is 0 Å². The Hall–Kier alpha value is -1.28. The molecule has 1 aromatic carbocycles. The van der Waals surface area contributed by atoms with Crippen molar-refractivity contribution in [3.63, 3.8) is 0 Å². The average Bonchev–Trinajstić information content (AvgIpc) is 2.65. The minimum atomic E-state index is 0.321. The molecule has 0 fully saturated rings. The Labute approximate surface area is 87.5 Å². The summed E-state index contributed by atoms with van der Waals surface area (Å²) >= 11 is 5.65. The first kappa shape index (κ1) is 9.28. The summed E-state index contributed by atoms with van der Waals surface area (Å²) in [5.41, 5.74) is 3.10. The van der Waals surface area contributed by atoms with E-state index in [1.54, 1.807) is 6.07 Å². The number of nitrogens with zero attached hydrogens (tertiary/aromatic N) is 1. The van der Waals surface area contributed by atoms with Gasteiger partial charge in [-0.05, 0) is 29.7 Å². The van der Waals surface area contributed by atoms with E-state index in [0.29, 0.717) is 5.22 Å². The lowest BCUT2D eigenvalue weighted by atomic mass is 10.1. The smallest absolute Gasteiger partial charge is 0.226 e. The van der Waals surface area contributed by atoms with Crippen molar-refractivity contribution in [3.05, 3.63) is 41.1 Å². The Balaban J connectivity index is 2.41. The van der Waals surface area contributed by atoms with Crippen LogP contribution in [0, 0.1) is 0 Å². The van der Waals surface area contributed by atoms with Gasteiger partial charge in [-0.1, -0.05) is 30.3 Å². The largest absolute Gasteiger partial charge is 0.344 e. The van der Waals surface area contributed by atoms with E-state index in [9.17, 15) is 0 Å². The second kappa shape index (κ2) is 3.84. The Kier molecular flexibility index (Phi) is 2.55. The molecule has 2 nitrogen and oxygen atoms in total. The third-order valence-electron chi connectivity index (χ3n) is 2.11. The van der Waals surface area contributed by atoms with Gasteiger partial charge >= 0.3 is 0 Å². The molecule has 0 aliphatic heterocycles. The van der Waals surface area contributed by atoms with Crippen molar-refractivity contribution < 1.29 is 4.52 Å². The Morgan fingerprint density at radius 2 is 2.21 bits per heavy atom. The first-order chi connectivity index (χ1) is 6.79. The van der Waals surface area contributed by atoms with Crippen molar-refractivity contribution in [2.24, 2.45) is 0 Å². The monoisotopic (exact) mass is 207 g/mol. The first-order valence-electron chi connectivity index (χ1n) is 4.51. The van der Waals surface area contributed by atoms with Gasteiger partial charge in [-0.3, -0.25) is 0 Å². The van der Waals surface area contributed by atoms with E-state index >= 15 is 0 Å². The van der Waals surface area contributed by atoms with Crippen LogP contribution in [-0.4, -0.2) is 5.16 Å². The molecule has 0 unspecified atom stereocenters. The van der Waals surface area contributed by atoms with Crippen LogP contribution in [0.4, 0.5) is 0 Å². The lowest BCUT2D eigenvalue weighted by Crippen LogP contribution is -1.81. The van der Waals surface area contributed by atoms with E-state index in [1.165, 1.54) is 5.56 Å². The van der Waals surface area contributed by atoms with Crippen LogP contribution >= 0.6 is 11.6 Å². The highest BCUT2D eigenvalue weighted by Gasteiger charge is 2.04. The van der Waals surface area contributed by atoms with E-state index in [-0.39, 0.29) is 0 Å². The average molecular weight is 208 g/mol. The zero-order chi connectivity index (χ0) is 9.97. The van der Waals surface area contributed by atoms with Gasteiger partial charge in [-0.15, -0.1) is 0 Å². The zero-order valence-electron chi connectivity index (χ0n) is 7.83. The predicted octanol–water partition coefficient (Wildman–Crippen LogP) is 3.56. The highest BCUT2D eigenvalue weighted by molar-refractivity contribution is 6.29. The number of hydrogen-bond donors (Lipinski definition) is 0. The molecule has 0 aliphatic rings. The number of halogens is 1. The third kappa shape index (κ3) is 1.80. The molecule has 14 heavy (non-hydrogen) atoms. The van der Waals surface area contributed by atoms with Crippen LogP contribution in [0.2, 0.25) is 5.22 Å². The Bertz CT molecular complexity index is 436. The Morgan fingerprint density at radius 1 is 1.36 bits per heavy atom. The summed E-state index contributed by atoms with van der Waals surface area (Å²) in [6, 6.07) is 9.90. The molecular weight excluding hydrogens is 198 g/mol. The molecule has 0 radical (unpaired) electrons. The van der Waals surface area contributed by atoms with Gasteiger partial charge in [0.05, 0.1) is 0 Å². The molecule has 0 aliphatic carbocycles. The molecule has 72 valence electrons. The van der Waals surface area contributed by atoms with Gasteiger partial charge in [0.2, 0.25) is 5.22 Å². The molecule has 0 atom stereocenters. The minimum absolute atomic E-state index is 0.321. The maximum Gasteiger partial charge on any atom is 0.226 e. The van der Waals surface area contributed by atoms with Gasteiger partial charge in [0.15, 0.2) is 0 Å². The van der Waals surface area contributed by atoms with Crippen LogP contribution in [0.3, 0.4) is 0 Å². The SMILES string of the molecule is CCc1cccc(-c2cc(Cl)on2)c1. The molecule has 2 aromatic rings. The molecule has 1 heterocycles. The number of hydrogen-bond acceptors (Lipinski definition) is 2. The van der Waals surface area contributed by atoms with E-state index < -0.39 is 0 Å². The summed E-state index contributed by atoms with van der Waals surface area (Å²) < 4.78 is 4.81. The van der Waals surface area contributed by atoms with Crippen LogP contribution in [0.1, 0.15) is 12.5 Å². The molecule has 0 amide bonds. The van der Waals surface area contributed by atoms with Crippen molar-refractivity contribution in [1.82, 2.24) is 5.16 Å². The highest BCUT2D eigenvalue weighted by atomic mass is 35.5. The van der Waals surface area contributed by atoms with Gasteiger partial charge in [0, 0.05) is 11.6 Å². The summed E-state index contributed by atoms with van der Waals surface area (Å²) in [4.78, 5) is 0.